The summed E-state index contributed by atoms with van der Waals surface area (Å²) in [6.45, 7) is 5.68. The zero-order valence-electron chi connectivity index (χ0n) is 14.4. The fourth-order valence-corrected chi connectivity index (χ4v) is 4.33. The number of amides is 2. The van der Waals surface area contributed by atoms with E-state index in [2.05, 4.69) is 24.2 Å². The van der Waals surface area contributed by atoms with E-state index in [1.54, 1.807) is 13.0 Å². The summed E-state index contributed by atoms with van der Waals surface area (Å²) in [6.07, 6.45) is 1.48. The van der Waals surface area contributed by atoms with Crippen LogP contribution in [0.3, 0.4) is 0 Å². The van der Waals surface area contributed by atoms with Crippen molar-refractivity contribution in [1.82, 2.24) is 15.0 Å². The Balaban J connectivity index is 1.63. The predicted molar refractivity (Wildman–Crippen MR) is 90.7 cm³/mol. The minimum absolute atomic E-state index is 0.0243. The summed E-state index contributed by atoms with van der Waals surface area (Å²) in [5, 5.41) is 3.62. The maximum atomic E-state index is 12.6. The van der Waals surface area contributed by atoms with Crippen LogP contribution in [-0.4, -0.2) is 46.4 Å². The Morgan fingerprint density at radius 2 is 1.96 bits per heavy atom. The SMILES string of the molecule is CC(=O)N1C[C@H]2CN(C(=O)c3ccno3)C[C@H]2[C@@H]1c1ccccc1C. The van der Waals surface area contributed by atoms with Crippen molar-refractivity contribution in [1.29, 1.82) is 0 Å². The van der Waals surface area contributed by atoms with Crippen LogP contribution in [-0.2, 0) is 4.79 Å². The van der Waals surface area contributed by atoms with Gasteiger partial charge in [-0.1, -0.05) is 29.4 Å². The number of rotatable bonds is 2. The molecule has 2 saturated heterocycles. The third-order valence-corrected chi connectivity index (χ3v) is 5.51. The molecular weight excluding hydrogens is 318 g/mol. The molecule has 4 rings (SSSR count). The number of hydrogen-bond donors (Lipinski definition) is 0. The smallest absolute Gasteiger partial charge is 0.292 e. The van der Waals surface area contributed by atoms with Crippen molar-refractivity contribution in [3.63, 3.8) is 0 Å². The molecule has 6 nitrogen and oxygen atoms in total. The molecule has 0 saturated carbocycles. The summed E-state index contributed by atoms with van der Waals surface area (Å²) < 4.78 is 5.01. The lowest BCUT2D eigenvalue weighted by Crippen LogP contribution is -2.36. The van der Waals surface area contributed by atoms with Gasteiger partial charge in [0.1, 0.15) is 0 Å². The first kappa shape index (κ1) is 15.9. The number of fused-ring (bicyclic) bond motifs is 1. The molecule has 2 aliphatic heterocycles. The zero-order chi connectivity index (χ0) is 17.6. The van der Waals surface area contributed by atoms with E-state index in [4.69, 9.17) is 4.52 Å². The van der Waals surface area contributed by atoms with E-state index in [1.807, 2.05) is 21.9 Å². The predicted octanol–water partition coefficient (Wildman–Crippen LogP) is 2.27. The molecule has 0 aliphatic carbocycles. The first-order chi connectivity index (χ1) is 12.1. The average Bonchev–Trinajstić information content (AvgIpc) is 3.30. The van der Waals surface area contributed by atoms with Gasteiger partial charge in [-0.2, -0.15) is 0 Å². The number of carbonyl (C=O) groups excluding carboxylic acids is 2. The number of hydrogen-bond acceptors (Lipinski definition) is 4. The van der Waals surface area contributed by atoms with Crippen LogP contribution in [0.2, 0.25) is 0 Å². The highest BCUT2D eigenvalue weighted by Gasteiger charge is 2.50. The standard InChI is InChI=1S/C19H21N3O3/c1-12-5-3-4-6-15(12)18-16-11-21(19(24)17-7-8-20-25-17)9-14(16)10-22(18)13(2)23/h3-8,14,16,18H,9-11H2,1-2H3/t14-,16-,18+/m1/s1. The first-order valence-corrected chi connectivity index (χ1v) is 8.59. The molecule has 6 heteroatoms. The van der Waals surface area contributed by atoms with E-state index < -0.39 is 0 Å². The number of likely N-dealkylation sites (tertiary alicyclic amines) is 2. The third kappa shape index (κ3) is 2.62. The highest BCUT2D eigenvalue weighted by Crippen LogP contribution is 2.45. The Hall–Kier alpha value is -2.63. The molecule has 2 fully saturated rings. The topological polar surface area (TPSA) is 66.7 Å². The summed E-state index contributed by atoms with van der Waals surface area (Å²) in [6, 6.07) is 9.82. The van der Waals surface area contributed by atoms with Gasteiger partial charge < -0.3 is 14.3 Å². The molecule has 1 aromatic carbocycles. The van der Waals surface area contributed by atoms with Gasteiger partial charge in [0, 0.05) is 44.5 Å². The van der Waals surface area contributed by atoms with Crippen LogP contribution in [0, 0.1) is 18.8 Å². The lowest BCUT2D eigenvalue weighted by molar-refractivity contribution is -0.130. The molecule has 0 spiro atoms. The highest BCUT2D eigenvalue weighted by molar-refractivity contribution is 5.91. The van der Waals surface area contributed by atoms with Crippen molar-refractivity contribution in [3.8, 4) is 0 Å². The largest absolute Gasteiger partial charge is 0.351 e. The highest BCUT2D eigenvalue weighted by atomic mass is 16.5. The molecule has 2 aliphatic rings. The minimum Gasteiger partial charge on any atom is -0.351 e. The fraction of sp³-hybridized carbons (Fsp3) is 0.421. The van der Waals surface area contributed by atoms with Gasteiger partial charge in [-0.3, -0.25) is 9.59 Å². The quantitative estimate of drug-likeness (QED) is 0.842. The zero-order valence-corrected chi connectivity index (χ0v) is 14.4. The second kappa shape index (κ2) is 6.02. The second-order valence-electron chi connectivity index (χ2n) is 6.98. The molecule has 25 heavy (non-hydrogen) atoms. The van der Waals surface area contributed by atoms with Gasteiger partial charge in [-0.05, 0) is 18.1 Å². The number of benzene rings is 1. The monoisotopic (exact) mass is 339 g/mol. The Bertz CT molecular complexity index is 802. The number of aromatic nitrogens is 1. The lowest BCUT2D eigenvalue weighted by Gasteiger charge is -2.30. The van der Waals surface area contributed by atoms with Crippen LogP contribution in [0.25, 0.3) is 0 Å². The van der Waals surface area contributed by atoms with Crippen LogP contribution >= 0.6 is 0 Å². The number of carbonyl (C=O) groups is 2. The van der Waals surface area contributed by atoms with Crippen molar-refractivity contribution < 1.29 is 14.1 Å². The van der Waals surface area contributed by atoms with Crippen LogP contribution in [0.5, 0.6) is 0 Å². The maximum Gasteiger partial charge on any atom is 0.292 e. The van der Waals surface area contributed by atoms with Gasteiger partial charge in [0.15, 0.2) is 0 Å². The van der Waals surface area contributed by atoms with Gasteiger partial charge in [0.05, 0.1) is 12.2 Å². The minimum atomic E-state index is -0.121. The molecule has 0 bridgehead atoms. The van der Waals surface area contributed by atoms with Crippen LogP contribution < -0.4 is 0 Å². The van der Waals surface area contributed by atoms with Crippen molar-refractivity contribution in [2.75, 3.05) is 19.6 Å². The molecular formula is C19H21N3O3. The summed E-state index contributed by atoms with van der Waals surface area (Å²) in [7, 11) is 0. The fourth-order valence-electron chi connectivity index (χ4n) is 4.33. The van der Waals surface area contributed by atoms with Gasteiger partial charge >= 0.3 is 0 Å². The average molecular weight is 339 g/mol. The summed E-state index contributed by atoms with van der Waals surface area (Å²) in [4.78, 5) is 28.6. The third-order valence-electron chi connectivity index (χ3n) is 5.51. The Morgan fingerprint density at radius 1 is 1.16 bits per heavy atom. The van der Waals surface area contributed by atoms with Crippen LogP contribution in [0.1, 0.15) is 34.6 Å². The first-order valence-electron chi connectivity index (χ1n) is 8.59. The van der Waals surface area contributed by atoms with E-state index in [0.717, 1.165) is 0 Å². The van der Waals surface area contributed by atoms with Crippen LogP contribution in [0.4, 0.5) is 0 Å². The lowest BCUT2D eigenvalue weighted by atomic mass is 9.87. The van der Waals surface area contributed by atoms with E-state index >= 15 is 0 Å². The normalized spacial score (nSPS) is 25.3. The van der Waals surface area contributed by atoms with E-state index in [1.165, 1.54) is 17.3 Å². The van der Waals surface area contributed by atoms with E-state index in [-0.39, 0.29) is 29.5 Å². The summed E-state index contributed by atoms with van der Waals surface area (Å²) >= 11 is 0. The molecule has 0 unspecified atom stereocenters. The Labute approximate surface area is 146 Å². The number of nitrogens with zero attached hydrogens (tertiary/aromatic N) is 3. The van der Waals surface area contributed by atoms with Gasteiger partial charge in [-0.15, -0.1) is 0 Å². The number of aryl methyl sites for hydroxylation is 1. The summed E-state index contributed by atoms with van der Waals surface area (Å²) in [5.41, 5.74) is 2.36. The van der Waals surface area contributed by atoms with Crippen molar-refractivity contribution in [2.24, 2.45) is 11.8 Å². The van der Waals surface area contributed by atoms with Gasteiger partial charge in [-0.25, -0.2) is 0 Å². The Morgan fingerprint density at radius 3 is 2.64 bits per heavy atom. The van der Waals surface area contributed by atoms with Crippen molar-refractivity contribution >= 4 is 11.8 Å². The molecule has 3 heterocycles. The molecule has 3 atom stereocenters. The van der Waals surface area contributed by atoms with Gasteiger partial charge in [0.25, 0.3) is 5.91 Å². The van der Waals surface area contributed by atoms with Crippen molar-refractivity contribution in [3.05, 3.63) is 53.4 Å². The van der Waals surface area contributed by atoms with E-state index in [9.17, 15) is 9.59 Å². The van der Waals surface area contributed by atoms with E-state index in [0.29, 0.717) is 25.6 Å². The second-order valence-corrected chi connectivity index (χ2v) is 6.98. The maximum absolute atomic E-state index is 12.6. The molecule has 2 aromatic rings. The molecule has 0 radical (unpaired) electrons. The molecule has 0 N–H and O–H groups in total. The molecule has 1 aromatic heterocycles. The Kier molecular flexibility index (Phi) is 3.82. The van der Waals surface area contributed by atoms with Crippen LogP contribution in [0.15, 0.2) is 41.1 Å². The van der Waals surface area contributed by atoms with Gasteiger partial charge in [0.2, 0.25) is 11.7 Å². The molecule has 2 amide bonds. The summed E-state index contributed by atoms with van der Waals surface area (Å²) in [5.74, 6) is 0.786. The van der Waals surface area contributed by atoms with Crippen molar-refractivity contribution in [2.45, 2.75) is 19.9 Å². The molecule has 130 valence electrons.